The minimum Gasteiger partial charge on any atom is -0.364 e. The van der Waals surface area contributed by atoms with Gasteiger partial charge in [0.1, 0.15) is 0 Å². The summed E-state index contributed by atoms with van der Waals surface area (Å²) < 4.78 is 23.0. The molecule has 0 radical (unpaired) electrons. The van der Waals surface area contributed by atoms with Gasteiger partial charge in [0.25, 0.3) is 5.69 Å². The molecule has 3 rings (SSSR count). The summed E-state index contributed by atoms with van der Waals surface area (Å²) >= 11 is 0. The third-order valence-electron chi connectivity index (χ3n) is 4.27. The van der Waals surface area contributed by atoms with Crippen molar-refractivity contribution < 1.29 is 13.3 Å². The van der Waals surface area contributed by atoms with Gasteiger partial charge in [-0.2, -0.15) is 0 Å². The number of rotatable bonds is 4. The molecule has 0 spiro atoms. The molecule has 0 fully saturated rings. The van der Waals surface area contributed by atoms with E-state index in [9.17, 15) is 18.5 Å². The number of nitrogens with zero attached hydrogens (tertiary/aromatic N) is 2. The van der Waals surface area contributed by atoms with Crippen LogP contribution in [0.4, 0.5) is 11.4 Å². The molecule has 0 aliphatic carbocycles. The zero-order valence-electron chi connectivity index (χ0n) is 13.0. The number of primary sulfonamides is 1. The van der Waals surface area contributed by atoms with Crippen LogP contribution in [0.15, 0.2) is 47.4 Å². The monoisotopic (exact) mass is 347 g/mol. The SMILES string of the molecule is CC1Cc2cc(S(N)(=O)=O)ccc2N1Cc1ccccc1[N+](=O)[O-]. The number of nitro benzene ring substituents is 1. The second-order valence-electron chi connectivity index (χ2n) is 5.90. The van der Waals surface area contributed by atoms with Crippen molar-refractivity contribution >= 4 is 21.4 Å². The minimum atomic E-state index is -3.74. The van der Waals surface area contributed by atoms with Gasteiger partial charge in [0, 0.05) is 23.4 Å². The summed E-state index contributed by atoms with van der Waals surface area (Å²) in [6, 6.07) is 11.5. The van der Waals surface area contributed by atoms with Gasteiger partial charge < -0.3 is 4.90 Å². The second kappa shape index (κ2) is 5.88. The lowest BCUT2D eigenvalue weighted by atomic mass is 10.1. The highest BCUT2D eigenvalue weighted by Crippen LogP contribution is 2.35. The van der Waals surface area contributed by atoms with E-state index in [1.165, 1.54) is 12.1 Å². The molecule has 126 valence electrons. The lowest BCUT2D eigenvalue weighted by molar-refractivity contribution is -0.385. The van der Waals surface area contributed by atoms with Gasteiger partial charge in [-0.25, -0.2) is 13.6 Å². The van der Waals surface area contributed by atoms with Gasteiger partial charge >= 0.3 is 0 Å². The highest BCUT2D eigenvalue weighted by atomic mass is 32.2. The Bertz CT molecular complexity index is 911. The molecular weight excluding hydrogens is 330 g/mol. The smallest absolute Gasteiger partial charge is 0.274 e. The normalized spacial score (nSPS) is 16.9. The molecule has 0 saturated heterocycles. The standard InChI is InChI=1S/C16H17N3O4S/c1-11-8-13-9-14(24(17,22)23)6-7-15(13)18(11)10-12-4-2-3-5-16(12)19(20)21/h2-7,9,11H,8,10H2,1H3,(H2,17,22,23). The topological polar surface area (TPSA) is 107 Å². The molecule has 0 aromatic heterocycles. The van der Waals surface area contributed by atoms with E-state index in [2.05, 4.69) is 0 Å². The van der Waals surface area contributed by atoms with Crippen LogP contribution in [0.1, 0.15) is 18.1 Å². The van der Waals surface area contributed by atoms with Crippen LogP contribution < -0.4 is 10.0 Å². The summed E-state index contributed by atoms with van der Waals surface area (Å²) in [5, 5.41) is 16.4. The first-order valence-corrected chi connectivity index (χ1v) is 8.96. The number of benzene rings is 2. The Hall–Kier alpha value is -2.45. The van der Waals surface area contributed by atoms with Crippen molar-refractivity contribution in [2.75, 3.05) is 4.90 Å². The molecule has 0 bridgehead atoms. The summed E-state index contributed by atoms with van der Waals surface area (Å²) in [7, 11) is -3.74. The fraction of sp³-hybridized carbons (Fsp3) is 0.250. The molecule has 2 N–H and O–H groups in total. The lowest BCUT2D eigenvalue weighted by Crippen LogP contribution is -2.28. The van der Waals surface area contributed by atoms with E-state index < -0.39 is 10.0 Å². The van der Waals surface area contributed by atoms with Crippen LogP contribution >= 0.6 is 0 Å². The zero-order valence-corrected chi connectivity index (χ0v) is 13.9. The molecule has 8 heteroatoms. The highest BCUT2D eigenvalue weighted by molar-refractivity contribution is 7.89. The Labute approximate surface area is 139 Å². The summed E-state index contributed by atoms with van der Waals surface area (Å²) in [6.45, 7) is 2.39. The first kappa shape index (κ1) is 16.4. The Morgan fingerprint density at radius 2 is 2.00 bits per heavy atom. The lowest BCUT2D eigenvalue weighted by Gasteiger charge is -2.25. The minimum absolute atomic E-state index is 0.0827. The number of fused-ring (bicyclic) bond motifs is 1. The van der Waals surface area contributed by atoms with Crippen molar-refractivity contribution in [2.24, 2.45) is 5.14 Å². The molecule has 2 aromatic carbocycles. The molecule has 1 aliphatic heterocycles. The van der Waals surface area contributed by atoms with E-state index >= 15 is 0 Å². The summed E-state index contributed by atoms with van der Waals surface area (Å²) in [5.74, 6) is 0. The highest BCUT2D eigenvalue weighted by Gasteiger charge is 2.28. The van der Waals surface area contributed by atoms with Crippen LogP contribution in [0.3, 0.4) is 0 Å². The molecule has 1 atom stereocenters. The van der Waals surface area contributed by atoms with Crippen molar-refractivity contribution in [1.29, 1.82) is 0 Å². The van der Waals surface area contributed by atoms with Gasteiger partial charge in [0.2, 0.25) is 10.0 Å². The van der Waals surface area contributed by atoms with Crippen molar-refractivity contribution in [3.8, 4) is 0 Å². The Kier molecular flexibility index (Phi) is 4.02. The average molecular weight is 347 g/mol. The van der Waals surface area contributed by atoms with Crippen molar-refractivity contribution in [2.45, 2.75) is 30.8 Å². The number of nitrogens with two attached hydrogens (primary N) is 1. The largest absolute Gasteiger partial charge is 0.364 e. The van der Waals surface area contributed by atoms with Gasteiger partial charge in [0.15, 0.2) is 0 Å². The number of para-hydroxylation sites is 1. The molecule has 1 heterocycles. The molecule has 0 saturated carbocycles. The summed E-state index contributed by atoms with van der Waals surface area (Å²) in [4.78, 5) is 12.9. The molecule has 1 aliphatic rings. The summed E-state index contributed by atoms with van der Waals surface area (Å²) in [6.07, 6.45) is 0.666. The van der Waals surface area contributed by atoms with Gasteiger partial charge in [-0.15, -0.1) is 0 Å². The molecule has 24 heavy (non-hydrogen) atoms. The maximum absolute atomic E-state index is 11.5. The van der Waals surface area contributed by atoms with E-state index in [0.717, 1.165) is 11.3 Å². The number of hydrogen-bond donors (Lipinski definition) is 1. The predicted molar refractivity (Wildman–Crippen MR) is 90.3 cm³/mol. The molecule has 7 nitrogen and oxygen atoms in total. The third kappa shape index (κ3) is 2.98. The number of nitro groups is 1. The van der Waals surface area contributed by atoms with Crippen molar-refractivity contribution in [1.82, 2.24) is 0 Å². The fourth-order valence-electron chi connectivity index (χ4n) is 3.10. The molecule has 1 unspecified atom stereocenters. The third-order valence-corrected chi connectivity index (χ3v) is 5.18. The second-order valence-corrected chi connectivity index (χ2v) is 7.46. The van der Waals surface area contributed by atoms with E-state index in [0.29, 0.717) is 18.5 Å². The predicted octanol–water partition coefficient (Wildman–Crippen LogP) is 2.19. The van der Waals surface area contributed by atoms with Gasteiger partial charge in [0.05, 0.1) is 16.4 Å². The molecule has 2 aromatic rings. The maximum Gasteiger partial charge on any atom is 0.274 e. The quantitative estimate of drug-likeness (QED) is 0.674. The fourth-order valence-corrected chi connectivity index (χ4v) is 3.66. The maximum atomic E-state index is 11.5. The number of anilines is 1. The first-order valence-electron chi connectivity index (χ1n) is 7.42. The number of sulfonamides is 1. The van der Waals surface area contributed by atoms with Crippen molar-refractivity contribution in [3.05, 3.63) is 63.7 Å². The van der Waals surface area contributed by atoms with E-state index in [1.807, 2.05) is 11.8 Å². The van der Waals surface area contributed by atoms with Crippen LogP contribution in [-0.4, -0.2) is 19.4 Å². The Morgan fingerprint density at radius 3 is 2.67 bits per heavy atom. The van der Waals surface area contributed by atoms with E-state index in [-0.39, 0.29) is 21.5 Å². The molecule has 0 amide bonds. The average Bonchev–Trinajstić information content (AvgIpc) is 2.82. The van der Waals surface area contributed by atoms with E-state index in [1.54, 1.807) is 30.3 Å². The molecular formula is C16H17N3O4S. The van der Waals surface area contributed by atoms with Crippen LogP contribution in [0, 0.1) is 10.1 Å². The van der Waals surface area contributed by atoms with Gasteiger partial charge in [-0.05, 0) is 37.1 Å². The first-order chi connectivity index (χ1) is 11.3. The van der Waals surface area contributed by atoms with Crippen LogP contribution in [-0.2, 0) is 23.0 Å². The van der Waals surface area contributed by atoms with Crippen LogP contribution in [0.25, 0.3) is 0 Å². The van der Waals surface area contributed by atoms with Gasteiger partial charge in [-0.1, -0.05) is 18.2 Å². The Morgan fingerprint density at radius 1 is 1.29 bits per heavy atom. The number of hydrogen-bond acceptors (Lipinski definition) is 5. The zero-order chi connectivity index (χ0) is 17.5. The van der Waals surface area contributed by atoms with Crippen LogP contribution in [0.5, 0.6) is 0 Å². The Balaban J connectivity index is 1.97. The summed E-state index contributed by atoms with van der Waals surface area (Å²) in [5.41, 5.74) is 2.47. The van der Waals surface area contributed by atoms with Crippen molar-refractivity contribution in [3.63, 3.8) is 0 Å². The van der Waals surface area contributed by atoms with Crippen LogP contribution in [0.2, 0.25) is 0 Å². The van der Waals surface area contributed by atoms with Gasteiger partial charge in [-0.3, -0.25) is 10.1 Å². The van der Waals surface area contributed by atoms with E-state index in [4.69, 9.17) is 5.14 Å².